The number of rotatable bonds is 4. The van der Waals surface area contributed by atoms with Crippen LogP contribution in [0.25, 0.3) is 0 Å². The Hall–Kier alpha value is -2.68. The molecule has 5 nitrogen and oxygen atoms in total. The Morgan fingerprint density at radius 3 is 2.86 bits per heavy atom. The lowest BCUT2D eigenvalue weighted by Gasteiger charge is -2.08. The highest BCUT2D eigenvalue weighted by Gasteiger charge is 2.21. The fraction of sp³-hybridized carbons (Fsp3) is 0.267. The van der Waals surface area contributed by atoms with Crippen molar-refractivity contribution in [1.82, 2.24) is 9.78 Å². The Morgan fingerprint density at radius 1 is 1.43 bits per heavy atom. The minimum Gasteiger partial charge on any atom is -0.381 e. The monoisotopic (exact) mass is 284 g/mol. The van der Waals surface area contributed by atoms with Gasteiger partial charge in [-0.25, -0.2) is 9.07 Å². The third-order valence-corrected chi connectivity index (χ3v) is 3.32. The second-order valence-electron chi connectivity index (χ2n) is 5.08. The number of nitriles is 1. The first kappa shape index (κ1) is 13.3. The van der Waals surface area contributed by atoms with Crippen LogP contribution in [0.2, 0.25) is 0 Å². The van der Waals surface area contributed by atoms with Gasteiger partial charge in [0.25, 0.3) is 5.56 Å². The summed E-state index contributed by atoms with van der Waals surface area (Å²) in [6.45, 7) is 0.0417. The summed E-state index contributed by atoms with van der Waals surface area (Å²) in [5, 5.41) is 15.9. The van der Waals surface area contributed by atoms with Gasteiger partial charge in [-0.1, -0.05) is 6.07 Å². The molecule has 1 aromatic heterocycles. The first-order chi connectivity index (χ1) is 10.2. The molecular weight excluding hydrogens is 271 g/mol. The Balaban J connectivity index is 1.81. The number of nitrogens with one attached hydrogen (secondary N) is 1. The molecule has 0 radical (unpaired) electrons. The molecule has 0 atom stereocenters. The van der Waals surface area contributed by atoms with Crippen LogP contribution < -0.4 is 10.9 Å². The van der Waals surface area contributed by atoms with E-state index < -0.39 is 5.82 Å². The molecule has 0 bridgehead atoms. The van der Waals surface area contributed by atoms with Gasteiger partial charge in [0.2, 0.25) is 0 Å². The Morgan fingerprint density at radius 2 is 2.24 bits per heavy atom. The lowest BCUT2D eigenvalue weighted by atomic mass is 10.1. The maximum atomic E-state index is 13.8. The number of anilines is 1. The topological polar surface area (TPSA) is 70.7 Å². The van der Waals surface area contributed by atoms with E-state index in [1.54, 1.807) is 6.20 Å². The molecule has 21 heavy (non-hydrogen) atoms. The smallest absolute Gasteiger partial charge is 0.269 e. The molecule has 0 aliphatic heterocycles. The van der Waals surface area contributed by atoms with E-state index in [2.05, 4.69) is 10.4 Å². The number of hydrogen-bond donors (Lipinski definition) is 1. The molecule has 0 saturated heterocycles. The average molecular weight is 284 g/mol. The zero-order valence-corrected chi connectivity index (χ0v) is 11.2. The first-order valence-electron chi connectivity index (χ1n) is 6.68. The molecule has 1 heterocycles. The number of aromatic nitrogens is 2. The molecule has 1 aliphatic rings. The van der Waals surface area contributed by atoms with Crippen molar-refractivity contribution in [2.24, 2.45) is 0 Å². The van der Waals surface area contributed by atoms with Crippen molar-refractivity contribution in [3.8, 4) is 6.07 Å². The van der Waals surface area contributed by atoms with Crippen molar-refractivity contribution >= 4 is 5.69 Å². The van der Waals surface area contributed by atoms with Gasteiger partial charge in [0.1, 0.15) is 5.82 Å². The van der Waals surface area contributed by atoms with E-state index in [0.29, 0.717) is 17.3 Å². The van der Waals surface area contributed by atoms with Crippen molar-refractivity contribution in [2.45, 2.75) is 25.4 Å². The lowest BCUT2D eigenvalue weighted by molar-refractivity contribution is 0.572. The first-order valence-corrected chi connectivity index (χ1v) is 6.68. The molecule has 3 rings (SSSR count). The maximum Gasteiger partial charge on any atom is 0.269 e. The second kappa shape index (κ2) is 5.37. The predicted octanol–water partition coefficient (Wildman–Crippen LogP) is 1.88. The zero-order valence-electron chi connectivity index (χ0n) is 11.2. The van der Waals surface area contributed by atoms with Gasteiger partial charge in [0.15, 0.2) is 0 Å². The highest BCUT2D eigenvalue weighted by atomic mass is 19.1. The molecule has 0 amide bonds. The molecule has 1 N–H and O–H groups in total. The maximum absolute atomic E-state index is 13.8. The third kappa shape index (κ3) is 3.08. The zero-order chi connectivity index (χ0) is 14.8. The number of benzene rings is 1. The van der Waals surface area contributed by atoms with E-state index >= 15 is 0 Å². The standard InChI is InChI=1S/C15H13FN4O/c16-14-5-10(7-17)1-2-11(14)9-20-15(21)6-13(8-18-20)19-12-3-4-12/h1-2,5-6,8,12,19H,3-4,9H2. The second-order valence-corrected chi connectivity index (χ2v) is 5.08. The fourth-order valence-corrected chi connectivity index (χ4v) is 2.00. The lowest BCUT2D eigenvalue weighted by Crippen LogP contribution is -2.23. The third-order valence-electron chi connectivity index (χ3n) is 3.32. The highest BCUT2D eigenvalue weighted by molar-refractivity contribution is 5.41. The molecule has 106 valence electrons. The van der Waals surface area contributed by atoms with Crippen molar-refractivity contribution in [2.75, 3.05) is 5.32 Å². The van der Waals surface area contributed by atoms with Gasteiger partial charge >= 0.3 is 0 Å². The molecule has 2 aromatic rings. The van der Waals surface area contributed by atoms with Crippen LogP contribution in [-0.4, -0.2) is 15.8 Å². The van der Waals surface area contributed by atoms with E-state index in [0.717, 1.165) is 18.9 Å². The quantitative estimate of drug-likeness (QED) is 0.930. The summed E-state index contributed by atoms with van der Waals surface area (Å²) in [7, 11) is 0. The van der Waals surface area contributed by atoms with Gasteiger partial charge in [-0.2, -0.15) is 10.4 Å². The van der Waals surface area contributed by atoms with E-state index in [1.807, 2.05) is 6.07 Å². The largest absolute Gasteiger partial charge is 0.381 e. The van der Waals surface area contributed by atoms with Gasteiger partial charge in [-0.15, -0.1) is 0 Å². The summed E-state index contributed by atoms with van der Waals surface area (Å²) in [5.74, 6) is -0.511. The molecular formula is C15H13FN4O. The molecule has 0 unspecified atom stereocenters. The number of halogens is 1. The normalized spacial score (nSPS) is 13.7. The summed E-state index contributed by atoms with van der Waals surface area (Å²) in [4.78, 5) is 12.0. The Kier molecular flexibility index (Phi) is 3.40. The molecule has 1 aliphatic carbocycles. The highest BCUT2D eigenvalue weighted by Crippen LogP contribution is 2.23. The predicted molar refractivity (Wildman–Crippen MR) is 75.4 cm³/mol. The van der Waals surface area contributed by atoms with Crippen molar-refractivity contribution in [3.05, 3.63) is 57.8 Å². The molecule has 1 saturated carbocycles. The van der Waals surface area contributed by atoms with Gasteiger partial charge in [-0.05, 0) is 25.0 Å². The van der Waals surface area contributed by atoms with Crippen LogP contribution in [0.5, 0.6) is 0 Å². The van der Waals surface area contributed by atoms with Crippen LogP contribution in [-0.2, 0) is 6.54 Å². The molecule has 1 fully saturated rings. The number of hydrogen-bond acceptors (Lipinski definition) is 4. The van der Waals surface area contributed by atoms with Gasteiger partial charge in [-0.3, -0.25) is 4.79 Å². The molecule has 6 heteroatoms. The minimum atomic E-state index is -0.511. The summed E-state index contributed by atoms with van der Waals surface area (Å²) >= 11 is 0. The average Bonchev–Trinajstić information content (AvgIpc) is 3.27. The van der Waals surface area contributed by atoms with Gasteiger partial charge in [0, 0.05) is 17.7 Å². The van der Waals surface area contributed by atoms with Gasteiger partial charge in [0.05, 0.1) is 30.1 Å². The minimum absolute atomic E-state index is 0.0417. The van der Waals surface area contributed by atoms with Crippen molar-refractivity contribution in [3.63, 3.8) is 0 Å². The van der Waals surface area contributed by atoms with Crippen LogP contribution in [0.3, 0.4) is 0 Å². The molecule has 1 aromatic carbocycles. The Bertz CT molecular complexity index is 774. The SMILES string of the molecule is N#Cc1ccc(Cn2ncc(NC3CC3)cc2=O)c(F)c1. The van der Waals surface area contributed by atoms with Crippen molar-refractivity contribution in [1.29, 1.82) is 5.26 Å². The Labute approximate surface area is 120 Å². The van der Waals surface area contributed by atoms with E-state index in [-0.39, 0.29) is 17.7 Å². The van der Waals surface area contributed by atoms with Crippen LogP contribution >= 0.6 is 0 Å². The van der Waals surface area contributed by atoms with Crippen LogP contribution in [0.15, 0.2) is 35.3 Å². The number of nitrogens with zero attached hydrogens (tertiary/aromatic N) is 3. The van der Waals surface area contributed by atoms with E-state index in [9.17, 15) is 9.18 Å². The van der Waals surface area contributed by atoms with Crippen LogP contribution in [0, 0.1) is 17.1 Å². The summed E-state index contributed by atoms with van der Waals surface area (Å²) in [5.41, 5.74) is 0.982. The van der Waals surface area contributed by atoms with E-state index in [1.165, 1.54) is 22.9 Å². The summed E-state index contributed by atoms with van der Waals surface area (Å²) in [6.07, 6.45) is 3.79. The van der Waals surface area contributed by atoms with Crippen LogP contribution in [0.1, 0.15) is 24.0 Å². The van der Waals surface area contributed by atoms with Gasteiger partial charge < -0.3 is 5.32 Å². The van der Waals surface area contributed by atoms with Crippen LogP contribution in [0.4, 0.5) is 10.1 Å². The molecule has 0 spiro atoms. The van der Waals surface area contributed by atoms with Crippen molar-refractivity contribution < 1.29 is 4.39 Å². The van der Waals surface area contributed by atoms with E-state index in [4.69, 9.17) is 5.26 Å². The fourth-order valence-electron chi connectivity index (χ4n) is 2.00. The summed E-state index contributed by atoms with van der Waals surface area (Å²) in [6, 6.07) is 7.95. The summed E-state index contributed by atoms with van der Waals surface area (Å²) < 4.78 is 15.0.